The van der Waals surface area contributed by atoms with Gasteiger partial charge in [-0.15, -0.1) is 0 Å². The lowest BCUT2D eigenvalue weighted by molar-refractivity contribution is -0.131. The Labute approximate surface area is 114 Å². The molecule has 1 fully saturated rings. The maximum atomic E-state index is 12.8. The number of amides is 1. The Balaban J connectivity index is 1.82. The molecule has 0 unspecified atom stereocenters. The van der Waals surface area contributed by atoms with Gasteiger partial charge in [0.2, 0.25) is 5.91 Å². The van der Waals surface area contributed by atoms with Crippen LogP contribution in [0.2, 0.25) is 0 Å². The van der Waals surface area contributed by atoms with Crippen molar-refractivity contribution >= 4 is 5.91 Å². The van der Waals surface area contributed by atoms with E-state index in [1.165, 1.54) is 25.0 Å². The minimum Gasteiger partial charge on any atom is -0.342 e. The van der Waals surface area contributed by atoms with E-state index >= 15 is 0 Å². The zero-order valence-corrected chi connectivity index (χ0v) is 11.6. The summed E-state index contributed by atoms with van der Waals surface area (Å²) in [5, 5.41) is 0. The zero-order valence-electron chi connectivity index (χ0n) is 11.6. The van der Waals surface area contributed by atoms with Gasteiger partial charge in [-0.2, -0.15) is 0 Å². The Morgan fingerprint density at radius 1 is 1.32 bits per heavy atom. The van der Waals surface area contributed by atoms with Crippen LogP contribution in [0.1, 0.15) is 38.2 Å². The van der Waals surface area contributed by atoms with Crippen LogP contribution in [-0.2, 0) is 11.2 Å². The van der Waals surface area contributed by atoms with Crippen LogP contribution < -0.4 is 0 Å². The molecule has 1 aliphatic carbocycles. The van der Waals surface area contributed by atoms with Gasteiger partial charge in [0.15, 0.2) is 0 Å². The minimum atomic E-state index is -0.226. The first-order chi connectivity index (χ1) is 9.19. The molecule has 1 amide bonds. The Morgan fingerprint density at radius 2 is 2.00 bits per heavy atom. The lowest BCUT2D eigenvalue weighted by Crippen LogP contribution is -2.33. The van der Waals surface area contributed by atoms with E-state index in [0.717, 1.165) is 31.0 Å². The van der Waals surface area contributed by atoms with Gasteiger partial charge in [-0.25, -0.2) is 4.39 Å². The second kappa shape index (κ2) is 6.69. The van der Waals surface area contributed by atoms with Crippen LogP contribution in [0.4, 0.5) is 4.39 Å². The van der Waals surface area contributed by atoms with Crippen LogP contribution in [0.25, 0.3) is 0 Å². The number of benzene rings is 1. The Morgan fingerprint density at radius 3 is 2.58 bits per heavy atom. The van der Waals surface area contributed by atoms with E-state index in [1.54, 1.807) is 12.1 Å². The summed E-state index contributed by atoms with van der Waals surface area (Å²) in [6.07, 6.45) is 4.77. The van der Waals surface area contributed by atoms with Crippen molar-refractivity contribution in [2.24, 2.45) is 5.92 Å². The highest BCUT2D eigenvalue weighted by molar-refractivity contribution is 5.76. The largest absolute Gasteiger partial charge is 0.342 e. The summed E-state index contributed by atoms with van der Waals surface area (Å²) in [6.45, 7) is 3.89. The molecule has 0 aromatic heterocycles. The molecule has 0 bridgehead atoms. The Hall–Kier alpha value is -1.38. The summed E-state index contributed by atoms with van der Waals surface area (Å²) in [7, 11) is 0. The molecule has 0 atom stereocenters. The summed E-state index contributed by atoms with van der Waals surface area (Å²) in [5.41, 5.74) is 1.03. The Bertz CT molecular complexity index is 411. The average molecular weight is 263 g/mol. The van der Waals surface area contributed by atoms with E-state index in [-0.39, 0.29) is 11.7 Å². The average Bonchev–Trinajstić information content (AvgIpc) is 3.21. The van der Waals surface area contributed by atoms with Crippen molar-refractivity contribution in [2.45, 2.75) is 39.0 Å². The van der Waals surface area contributed by atoms with Crippen LogP contribution in [0.5, 0.6) is 0 Å². The molecular weight excluding hydrogens is 241 g/mol. The fourth-order valence-corrected chi connectivity index (χ4v) is 2.26. The van der Waals surface area contributed by atoms with Gasteiger partial charge >= 0.3 is 0 Å². The minimum absolute atomic E-state index is 0.226. The maximum absolute atomic E-state index is 12.8. The molecule has 1 aromatic carbocycles. The molecule has 19 heavy (non-hydrogen) atoms. The number of hydrogen-bond donors (Lipinski definition) is 0. The molecule has 2 nitrogen and oxygen atoms in total. The number of hydrogen-bond acceptors (Lipinski definition) is 1. The SMILES string of the molecule is CCCN(CC1CC1)C(=O)CCc1ccc(F)cc1. The molecule has 0 heterocycles. The van der Waals surface area contributed by atoms with Gasteiger partial charge in [0, 0.05) is 19.5 Å². The quantitative estimate of drug-likeness (QED) is 0.738. The lowest BCUT2D eigenvalue weighted by Gasteiger charge is -2.22. The standard InChI is InChI=1S/C16H22FNO/c1-2-11-18(12-14-3-4-14)16(19)10-7-13-5-8-15(17)9-6-13/h5-6,8-9,14H,2-4,7,10-12H2,1H3. The van der Waals surface area contributed by atoms with Gasteiger partial charge in [0.1, 0.15) is 5.82 Å². The van der Waals surface area contributed by atoms with Crippen molar-refractivity contribution < 1.29 is 9.18 Å². The molecule has 0 aliphatic heterocycles. The van der Waals surface area contributed by atoms with E-state index in [4.69, 9.17) is 0 Å². The van der Waals surface area contributed by atoms with Gasteiger partial charge in [0.25, 0.3) is 0 Å². The molecule has 104 valence electrons. The van der Waals surface area contributed by atoms with E-state index in [9.17, 15) is 9.18 Å². The fourth-order valence-electron chi connectivity index (χ4n) is 2.26. The molecule has 0 spiro atoms. The monoisotopic (exact) mass is 263 g/mol. The highest BCUT2D eigenvalue weighted by atomic mass is 19.1. The van der Waals surface area contributed by atoms with Gasteiger partial charge in [-0.05, 0) is 49.3 Å². The van der Waals surface area contributed by atoms with Crippen molar-refractivity contribution in [3.05, 3.63) is 35.6 Å². The second-order valence-corrected chi connectivity index (χ2v) is 5.41. The molecule has 1 aliphatic rings. The van der Waals surface area contributed by atoms with E-state index in [0.29, 0.717) is 12.8 Å². The smallest absolute Gasteiger partial charge is 0.222 e. The van der Waals surface area contributed by atoms with Crippen molar-refractivity contribution in [3.63, 3.8) is 0 Å². The lowest BCUT2D eigenvalue weighted by atomic mass is 10.1. The predicted molar refractivity (Wildman–Crippen MR) is 74.3 cm³/mol. The number of rotatable bonds is 7. The van der Waals surface area contributed by atoms with Crippen LogP contribution in [0, 0.1) is 11.7 Å². The first-order valence-corrected chi connectivity index (χ1v) is 7.21. The normalized spacial score (nSPS) is 14.4. The number of halogens is 1. The molecule has 0 radical (unpaired) electrons. The summed E-state index contributed by atoms with van der Waals surface area (Å²) >= 11 is 0. The van der Waals surface area contributed by atoms with E-state index in [1.807, 2.05) is 4.90 Å². The topological polar surface area (TPSA) is 20.3 Å². The van der Waals surface area contributed by atoms with Gasteiger partial charge in [-0.1, -0.05) is 19.1 Å². The molecule has 2 rings (SSSR count). The third-order valence-corrected chi connectivity index (χ3v) is 3.56. The molecule has 1 aromatic rings. The van der Waals surface area contributed by atoms with Crippen molar-refractivity contribution in [1.82, 2.24) is 4.90 Å². The number of nitrogens with zero attached hydrogens (tertiary/aromatic N) is 1. The Kier molecular flexibility index (Phi) is 4.94. The summed E-state index contributed by atoms with van der Waals surface area (Å²) < 4.78 is 12.8. The van der Waals surface area contributed by atoms with Gasteiger partial charge < -0.3 is 4.90 Å². The summed E-state index contributed by atoms with van der Waals surface area (Å²) in [6, 6.07) is 6.42. The molecular formula is C16H22FNO. The first kappa shape index (κ1) is 14.0. The number of aryl methyl sites for hydroxylation is 1. The molecule has 0 saturated heterocycles. The van der Waals surface area contributed by atoms with Crippen LogP contribution in [0.15, 0.2) is 24.3 Å². The zero-order chi connectivity index (χ0) is 13.7. The van der Waals surface area contributed by atoms with Gasteiger partial charge in [-0.3, -0.25) is 4.79 Å². The van der Waals surface area contributed by atoms with Gasteiger partial charge in [0.05, 0.1) is 0 Å². The van der Waals surface area contributed by atoms with Crippen LogP contribution in [-0.4, -0.2) is 23.9 Å². The van der Waals surface area contributed by atoms with Crippen molar-refractivity contribution in [2.75, 3.05) is 13.1 Å². The molecule has 0 N–H and O–H groups in total. The first-order valence-electron chi connectivity index (χ1n) is 7.21. The number of carbonyl (C=O) groups excluding carboxylic acids is 1. The van der Waals surface area contributed by atoms with Crippen molar-refractivity contribution in [3.8, 4) is 0 Å². The second-order valence-electron chi connectivity index (χ2n) is 5.41. The maximum Gasteiger partial charge on any atom is 0.222 e. The third-order valence-electron chi connectivity index (χ3n) is 3.56. The summed E-state index contributed by atoms with van der Waals surface area (Å²) in [4.78, 5) is 14.2. The van der Waals surface area contributed by atoms with E-state index in [2.05, 4.69) is 6.92 Å². The highest BCUT2D eigenvalue weighted by Crippen LogP contribution is 2.30. The van der Waals surface area contributed by atoms with Crippen LogP contribution >= 0.6 is 0 Å². The fraction of sp³-hybridized carbons (Fsp3) is 0.562. The third kappa shape index (κ3) is 4.66. The van der Waals surface area contributed by atoms with Crippen LogP contribution in [0.3, 0.4) is 0 Å². The molecule has 1 saturated carbocycles. The number of carbonyl (C=O) groups is 1. The molecule has 3 heteroatoms. The van der Waals surface area contributed by atoms with Crippen molar-refractivity contribution in [1.29, 1.82) is 0 Å². The predicted octanol–water partition coefficient (Wildman–Crippen LogP) is 3.41. The summed E-state index contributed by atoms with van der Waals surface area (Å²) in [5.74, 6) is 0.746. The highest BCUT2D eigenvalue weighted by Gasteiger charge is 2.26. The van der Waals surface area contributed by atoms with E-state index < -0.39 is 0 Å².